The van der Waals surface area contributed by atoms with Gasteiger partial charge in [-0.15, -0.1) is 0 Å². The summed E-state index contributed by atoms with van der Waals surface area (Å²) in [6.45, 7) is 6.47. The molecule has 0 fully saturated rings. The molecular weight excluding hydrogens is 251 g/mol. The topological polar surface area (TPSA) is 67.4 Å². The second-order valence-corrected chi connectivity index (χ2v) is 5.00. The average molecular weight is 268 g/mol. The van der Waals surface area contributed by atoms with E-state index in [4.69, 9.17) is 4.74 Å². The summed E-state index contributed by atoms with van der Waals surface area (Å²) in [5.74, 6) is -0.848. The van der Waals surface area contributed by atoms with Crippen molar-refractivity contribution in [2.75, 3.05) is 10.6 Å². The number of halogens is 1. The van der Waals surface area contributed by atoms with Crippen molar-refractivity contribution in [3.8, 4) is 0 Å². The minimum Gasteiger partial charge on any atom is -0.444 e. The van der Waals surface area contributed by atoms with Gasteiger partial charge in [-0.1, -0.05) is 0 Å². The van der Waals surface area contributed by atoms with E-state index in [1.54, 1.807) is 20.8 Å². The molecule has 0 aromatic heterocycles. The highest BCUT2D eigenvalue weighted by Gasteiger charge is 2.17. The third-order valence-corrected chi connectivity index (χ3v) is 1.93. The van der Waals surface area contributed by atoms with Gasteiger partial charge in [-0.2, -0.15) is 0 Å². The first-order chi connectivity index (χ1) is 8.67. The quantitative estimate of drug-likeness (QED) is 0.865. The zero-order valence-electron chi connectivity index (χ0n) is 11.3. The van der Waals surface area contributed by atoms with Crippen molar-refractivity contribution in [3.05, 3.63) is 24.0 Å². The zero-order valence-corrected chi connectivity index (χ0v) is 11.3. The summed E-state index contributed by atoms with van der Waals surface area (Å²) in [6.07, 6.45) is -0.718. The van der Waals surface area contributed by atoms with Crippen molar-refractivity contribution in [2.45, 2.75) is 33.3 Å². The van der Waals surface area contributed by atoms with Crippen LogP contribution in [0.5, 0.6) is 0 Å². The van der Waals surface area contributed by atoms with Crippen molar-refractivity contribution in [1.29, 1.82) is 0 Å². The third kappa shape index (κ3) is 5.37. The molecule has 0 saturated heterocycles. The van der Waals surface area contributed by atoms with Crippen LogP contribution in [0, 0.1) is 5.82 Å². The monoisotopic (exact) mass is 268 g/mol. The Morgan fingerprint density at radius 3 is 2.32 bits per heavy atom. The number of hydrogen-bond acceptors (Lipinski definition) is 3. The summed E-state index contributed by atoms with van der Waals surface area (Å²) in [5.41, 5.74) is -0.213. The van der Waals surface area contributed by atoms with Gasteiger partial charge in [0.1, 0.15) is 11.4 Å². The molecule has 1 rings (SSSR count). The maximum absolute atomic E-state index is 13.2. The SMILES string of the molecule is CC(=O)Nc1ccc(F)cc1NC(=O)OC(C)(C)C. The predicted octanol–water partition coefficient (Wildman–Crippen LogP) is 3.13. The van der Waals surface area contributed by atoms with Crippen LogP contribution in [0.15, 0.2) is 18.2 Å². The molecule has 2 amide bonds. The lowest BCUT2D eigenvalue weighted by atomic mass is 10.2. The first-order valence-electron chi connectivity index (χ1n) is 5.74. The largest absolute Gasteiger partial charge is 0.444 e. The Kier molecular flexibility index (Phi) is 4.47. The Labute approximate surface area is 111 Å². The fraction of sp³-hybridized carbons (Fsp3) is 0.385. The van der Waals surface area contributed by atoms with E-state index >= 15 is 0 Å². The van der Waals surface area contributed by atoms with Crippen LogP contribution in [0.1, 0.15) is 27.7 Å². The van der Waals surface area contributed by atoms with E-state index in [2.05, 4.69) is 10.6 Å². The second-order valence-electron chi connectivity index (χ2n) is 5.00. The van der Waals surface area contributed by atoms with E-state index in [1.807, 2.05) is 0 Å². The van der Waals surface area contributed by atoms with E-state index in [1.165, 1.54) is 19.1 Å². The number of benzene rings is 1. The van der Waals surface area contributed by atoms with Crippen LogP contribution in [0.25, 0.3) is 0 Å². The molecule has 0 aliphatic carbocycles. The van der Waals surface area contributed by atoms with Gasteiger partial charge in [0.2, 0.25) is 5.91 Å². The van der Waals surface area contributed by atoms with Crippen LogP contribution in [0.3, 0.4) is 0 Å². The first kappa shape index (κ1) is 14.9. The molecule has 0 aliphatic heterocycles. The highest BCUT2D eigenvalue weighted by atomic mass is 19.1. The Bertz CT molecular complexity index is 495. The Hall–Kier alpha value is -2.11. The lowest BCUT2D eigenvalue weighted by Gasteiger charge is -2.20. The molecular formula is C13H17FN2O3. The smallest absolute Gasteiger partial charge is 0.412 e. The van der Waals surface area contributed by atoms with Gasteiger partial charge in [-0.3, -0.25) is 10.1 Å². The number of rotatable bonds is 2. The molecule has 5 nitrogen and oxygen atoms in total. The molecule has 0 unspecified atom stereocenters. The Morgan fingerprint density at radius 1 is 1.16 bits per heavy atom. The average Bonchev–Trinajstić information content (AvgIpc) is 2.18. The highest BCUT2D eigenvalue weighted by molar-refractivity contribution is 5.96. The van der Waals surface area contributed by atoms with Crippen LogP contribution < -0.4 is 10.6 Å². The number of carbonyl (C=O) groups excluding carboxylic acids is 2. The van der Waals surface area contributed by atoms with Crippen molar-refractivity contribution < 1.29 is 18.7 Å². The zero-order chi connectivity index (χ0) is 14.6. The molecule has 0 atom stereocenters. The van der Waals surface area contributed by atoms with E-state index in [0.29, 0.717) is 5.69 Å². The minimum absolute atomic E-state index is 0.143. The summed E-state index contributed by atoms with van der Waals surface area (Å²) in [6, 6.07) is 3.66. The maximum atomic E-state index is 13.2. The maximum Gasteiger partial charge on any atom is 0.412 e. The van der Waals surface area contributed by atoms with Crippen LogP contribution in [-0.2, 0) is 9.53 Å². The molecule has 19 heavy (non-hydrogen) atoms. The van der Waals surface area contributed by atoms with Crippen LogP contribution in [0.4, 0.5) is 20.6 Å². The summed E-state index contributed by atoms with van der Waals surface area (Å²) in [5, 5.41) is 4.89. The number of ether oxygens (including phenoxy) is 1. The molecule has 1 aromatic carbocycles. The van der Waals surface area contributed by atoms with Crippen molar-refractivity contribution in [2.24, 2.45) is 0 Å². The number of anilines is 2. The van der Waals surface area contributed by atoms with Crippen LogP contribution >= 0.6 is 0 Å². The van der Waals surface area contributed by atoms with Gasteiger partial charge in [0.15, 0.2) is 0 Å². The number of carbonyl (C=O) groups is 2. The molecule has 104 valence electrons. The molecule has 0 radical (unpaired) electrons. The lowest BCUT2D eigenvalue weighted by molar-refractivity contribution is -0.114. The molecule has 0 saturated carbocycles. The number of nitrogens with one attached hydrogen (secondary N) is 2. The van der Waals surface area contributed by atoms with Crippen LogP contribution in [0.2, 0.25) is 0 Å². The van der Waals surface area contributed by atoms with E-state index in [9.17, 15) is 14.0 Å². The van der Waals surface area contributed by atoms with Gasteiger partial charge in [0.05, 0.1) is 11.4 Å². The third-order valence-electron chi connectivity index (χ3n) is 1.93. The molecule has 0 heterocycles. The van der Waals surface area contributed by atoms with Crippen molar-refractivity contribution in [1.82, 2.24) is 0 Å². The van der Waals surface area contributed by atoms with Crippen molar-refractivity contribution in [3.63, 3.8) is 0 Å². The summed E-state index contributed by atoms with van der Waals surface area (Å²) in [7, 11) is 0. The molecule has 0 bridgehead atoms. The normalized spacial score (nSPS) is 10.8. The summed E-state index contributed by atoms with van der Waals surface area (Å²) < 4.78 is 18.2. The predicted molar refractivity (Wildman–Crippen MR) is 70.6 cm³/mol. The van der Waals surface area contributed by atoms with E-state index in [0.717, 1.165) is 6.07 Å². The van der Waals surface area contributed by atoms with E-state index < -0.39 is 17.5 Å². The summed E-state index contributed by atoms with van der Waals surface area (Å²) in [4.78, 5) is 22.6. The number of hydrogen-bond donors (Lipinski definition) is 2. The molecule has 0 aliphatic rings. The second kappa shape index (κ2) is 5.69. The van der Waals surface area contributed by atoms with Crippen LogP contribution in [-0.4, -0.2) is 17.6 Å². The number of amides is 2. The van der Waals surface area contributed by atoms with Gasteiger partial charge in [0.25, 0.3) is 0 Å². The van der Waals surface area contributed by atoms with Gasteiger partial charge in [0, 0.05) is 6.92 Å². The Morgan fingerprint density at radius 2 is 1.79 bits per heavy atom. The summed E-state index contributed by atoms with van der Waals surface area (Å²) >= 11 is 0. The minimum atomic E-state index is -0.718. The lowest BCUT2D eigenvalue weighted by Crippen LogP contribution is -2.27. The Balaban J connectivity index is 2.89. The molecule has 2 N–H and O–H groups in total. The molecule has 0 spiro atoms. The van der Waals surface area contributed by atoms with Gasteiger partial charge >= 0.3 is 6.09 Å². The van der Waals surface area contributed by atoms with Gasteiger partial charge < -0.3 is 10.1 Å². The highest BCUT2D eigenvalue weighted by Crippen LogP contribution is 2.23. The molecule has 1 aromatic rings. The fourth-order valence-electron chi connectivity index (χ4n) is 1.33. The standard InChI is InChI=1S/C13H17FN2O3/c1-8(17)15-10-6-5-9(14)7-11(10)16-12(18)19-13(2,3)4/h5-7H,1-4H3,(H,15,17)(H,16,18). The van der Waals surface area contributed by atoms with Gasteiger partial charge in [-0.25, -0.2) is 9.18 Å². The fourth-order valence-corrected chi connectivity index (χ4v) is 1.33. The first-order valence-corrected chi connectivity index (χ1v) is 5.74. The van der Waals surface area contributed by atoms with E-state index in [-0.39, 0.29) is 11.6 Å². The van der Waals surface area contributed by atoms with Crippen molar-refractivity contribution >= 4 is 23.4 Å². The molecule has 6 heteroatoms. The van der Waals surface area contributed by atoms with Gasteiger partial charge in [-0.05, 0) is 39.0 Å².